The first kappa shape index (κ1) is 13.9. The van der Waals surface area contributed by atoms with E-state index in [1.165, 1.54) is 5.56 Å². The van der Waals surface area contributed by atoms with E-state index in [0.29, 0.717) is 11.6 Å². The van der Waals surface area contributed by atoms with E-state index in [1.54, 1.807) is 0 Å². The van der Waals surface area contributed by atoms with Crippen LogP contribution in [0.1, 0.15) is 29.7 Å². The van der Waals surface area contributed by atoms with Crippen molar-refractivity contribution in [1.29, 1.82) is 0 Å². The quantitative estimate of drug-likeness (QED) is 0.905. The van der Waals surface area contributed by atoms with E-state index in [4.69, 9.17) is 22.1 Å². The van der Waals surface area contributed by atoms with Crippen molar-refractivity contribution in [2.45, 2.75) is 26.5 Å². The van der Waals surface area contributed by atoms with E-state index in [9.17, 15) is 0 Å². The van der Waals surface area contributed by atoms with Gasteiger partial charge in [0.1, 0.15) is 12.4 Å². The molecule has 0 radical (unpaired) electrons. The van der Waals surface area contributed by atoms with Crippen LogP contribution in [-0.4, -0.2) is 0 Å². The first-order chi connectivity index (χ1) is 9.06. The van der Waals surface area contributed by atoms with Crippen molar-refractivity contribution < 1.29 is 4.74 Å². The molecule has 0 heterocycles. The summed E-state index contributed by atoms with van der Waals surface area (Å²) in [4.78, 5) is 0. The molecule has 1 atom stereocenters. The predicted molar refractivity (Wildman–Crippen MR) is 79.6 cm³/mol. The Morgan fingerprint density at radius 3 is 2.68 bits per heavy atom. The van der Waals surface area contributed by atoms with Gasteiger partial charge < -0.3 is 10.5 Å². The van der Waals surface area contributed by atoms with Gasteiger partial charge in [-0.2, -0.15) is 0 Å². The third-order valence-corrected chi connectivity index (χ3v) is 3.17. The van der Waals surface area contributed by atoms with Crippen LogP contribution in [0.4, 0.5) is 0 Å². The number of ether oxygens (including phenoxy) is 1. The van der Waals surface area contributed by atoms with Crippen LogP contribution < -0.4 is 10.5 Å². The van der Waals surface area contributed by atoms with Crippen LogP contribution in [0, 0.1) is 6.92 Å². The van der Waals surface area contributed by atoms with Gasteiger partial charge in [0.05, 0.1) is 0 Å². The van der Waals surface area contributed by atoms with Crippen LogP contribution in [0.25, 0.3) is 0 Å². The molecule has 100 valence electrons. The molecule has 0 spiro atoms. The summed E-state index contributed by atoms with van der Waals surface area (Å²) in [7, 11) is 0. The molecule has 0 unspecified atom stereocenters. The lowest BCUT2D eigenvalue weighted by Crippen LogP contribution is -2.08. The van der Waals surface area contributed by atoms with Gasteiger partial charge in [0.15, 0.2) is 0 Å². The van der Waals surface area contributed by atoms with Gasteiger partial charge in [-0.05, 0) is 37.6 Å². The Kier molecular flexibility index (Phi) is 4.46. The Morgan fingerprint density at radius 1 is 1.21 bits per heavy atom. The monoisotopic (exact) mass is 275 g/mol. The average molecular weight is 276 g/mol. The fraction of sp³-hybridized carbons (Fsp3) is 0.250. The number of rotatable bonds is 4. The van der Waals surface area contributed by atoms with Gasteiger partial charge in [0, 0.05) is 16.6 Å². The normalized spacial score (nSPS) is 12.2. The minimum absolute atomic E-state index is 0.105. The summed E-state index contributed by atoms with van der Waals surface area (Å²) in [6.07, 6.45) is 0. The standard InChI is InChI=1S/C16H18ClNO/c1-11-4-3-5-13(8-11)10-19-16-7-6-14(17)9-15(16)12(2)18/h3-9,12H,10,18H2,1-2H3/t12-/m0/s1. The van der Waals surface area contributed by atoms with Crippen molar-refractivity contribution in [3.8, 4) is 5.75 Å². The highest BCUT2D eigenvalue weighted by atomic mass is 35.5. The Balaban J connectivity index is 2.15. The molecule has 0 fully saturated rings. The van der Waals surface area contributed by atoms with Crippen LogP contribution in [0.3, 0.4) is 0 Å². The highest BCUT2D eigenvalue weighted by Crippen LogP contribution is 2.27. The van der Waals surface area contributed by atoms with Crippen LogP contribution >= 0.6 is 11.6 Å². The molecule has 0 aliphatic heterocycles. The predicted octanol–water partition coefficient (Wildman–Crippen LogP) is 4.25. The first-order valence-corrected chi connectivity index (χ1v) is 6.67. The van der Waals surface area contributed by atoms with E-state index in [2.05, 4.69) is 25.1 Å². The summed E-state index contributed by atoms with van der Waals surface area (Å²) in [6.45, 7) is 4.52. The third-order valence-electron chi connectivity index (χ3n) is 2.94. The molecule has 3 heteroatoms. The molecule has 2 aromatic carbocycles. The minimum Gasteiger partial charge on any atom is -0.489 e. The van der Waals surface area contributed by atoms with Gasteiger partial charge in [0.25, 0.3) is 0 Å². The summed E-state index contributed by atoms with van der Waals surface area (Å²) in [5.41, 5.74) is 9.24. The van der Waals surface area contributed by atoms with Gasteiger partial charge in [-0.15, -0.1) is 0 Å². The van der Waals surface area contributed by atoms with Gasteiger partial charge in [0.2, 0.25) is 0 Å². The molecule has 0 aromatic heterocycles. The zero-order chi connectivity index (χ0) is 13.8. The zero-order valence-corrected chi connectivity index (χ0v) is 11.9. The summed E-state index contributed by atoms with van der Waals surface area (Å²) in [5, 5.41) is 0.676. The maximum atomic E-state index is 5.99. The highest BCUT2D eigenvalue weighted by molar-refractivity contribution is 6.30. The van der Waals surface area contributed by atoms with E-state index < -0.39 is 0 Å². The average Bonchev–Trinajstić information content (AvgIpc) is 2.37. The fourth-order valence-electron chi connectivity index (χ4n) is 1.97. The summed E-state index contributed by atoms with van der Waals surface area (Å²) >= 11 is 5.99. The lowest BCUT2D eigenvalue weighted by Gasteiger charge is -2.14. The summed E-state index contributed by atoms with van der Waals surface area (Å²) in [6, 6.07) is 13.7. The van der Waals surface area contributed by atoms with Gasteiger partial charge in [-0.1, -0.05) is 41.4 Å². The zero-order valence-electron chi connectivity index (χ0n) is 11.2. The third kappa shape index (κ3) is 3.72. The number of hydrogen-bond acceptors (Lipinski definition) is 2. The number of benzene rings is 2. The topological polar surface area (TPSA) is 35.2 Å². The van der Waals surface area contributed by atoms with Crippen LogP contribution in [0.5, 0.6) is 5.75 Å². The molecular weight excluding hydrogens is 258 g/mol. The lowest BCUT2D eigenvalue weighted by atomic mass is 10.1. The van der Waals surface area contributed by atoms with Crippen LogP contribution in [-0.2, 0) is 6.61 Å². The molecule has 2 N–H and O–H groups in total. The van der Waals surface area contributed by atoms with Gasteiger partial charge in [-0.3, -0.25) is 0 Å². The first-order valence-electron chi connectivity index (χ1n) is 6.29. The summed E-state index contributed by atoms with van der Waals surface area (Å²) < 4.78 is 5.86. The van der Waals surface area contributed by atoms with E-state index in [0.717, 1.165) is 16.9 Å². The van der Waals surface area contributed by atoms with Crippen molar-refractivity contribution in [1.82, 2.24) is 0 Å². The number of halogens is 1. The second-order valence-electron chi connectivity index (χ2n) is 4.75. The van der Waals surface area contributed by atoms with Crippen molar-refractivity contribution in [2.24, 2.45) is 5.73 Å². The van der Waals surface area contributed by atoms with Crippen LogP contribution in [0.2, 0.25) is 5.02 Å². The molecule has 2 aromatic rings. The fourth-order valence-corrected chi connectivity index (χ4v) is 2.15. The largest absolute Gasteiger partial charge is 0.489 e. The SMILES string of the molecule is Cc1cccc(COc2ccc(Cl)cc2[C@H](C)N)c1. The van der Waals surface area contributed by atoms with Crippen molar-refractivity contribution in [3.63, 3.8) is 0 Å². The smallest absolute Gasteiger partial charge is 0.124 e. The molecule has 19 heavy (non-hydrogen) atoms. The number of hydrogen-bond donors (Lipinski definition) is 1. The molecule has 0 aliphatic rings. The molecule has 0 saturated heterocycles. The molecule has 0 saturated carbocycles. The lowest BCUT2D eigenvalue weighted by molar-refractivity contribution is 0.301. The van der Waals surface area contributed by atoms with E-state index in [1.807, 2.05) is 31.2 Å². The second-order valence-corrected chi connectivity index (χ2v) is 5.18. The van der Waals surface area contributed by atoms with Gasteiger partial charge in [-0.25, -0.2) is 0 Å². The molecule has 0 aliphatic carbocycles. The van der Waals surface area contributed by atoms with Crippen LogP contribution in [0.15, 0.2) is 42.5 Å². The Morgan fingerprint density at radius 2 is 2.00 bits per heavy atom. The Labute approximate surface area is 119 Å². The van der Waals surface area contributed by atoms with Crippen molar-refractivity contribution in [3.05, 3.63) is 64.2 Å². The highest BCUT2D eigenvalue weighted by Gasteiger charge is 2.09. The molecule has 2 rings (SSSR count). The maximum Gasteiger partial charge on any atom is 0.124 e. The maximum absolute atomic E-state index is 5.99. The second kappa shape index (κ2) is 6.09. The molecule has 0 bridgehead atoms. The van der Waals surface area contributed by atoms with Crippen molar-refractivity contribution >= 4 is 11.6 Å². The Bertz CT molecular complexity index is 566. The van der Waals surface area contributed by atoms with E-state index in [-0.39, 0.29) is 6.04 Å². The Hall–Kier alpha value is -1.51. The molecule has 2 nitrogen and oxygen atoms in total. The molecular formula is C16H18ClNO. The van der Waals surface area contributed by atoms with Crippen molar-refractivity contribution in [2.75, 3.05) is 0 Å². The van der Waals surface area contributed by atoms with E-state index >= 15 is 0 Å². The number of aryl methyl sites for hydroxylation is 1. The van der Waals surface area contributed by atoms with Gasteiger partial charge >= 0.3 is 0 Å². The molecule has 0 amide bonds. The number of nitrogens with two attached hydrogens (primary N) is 1. The minimum atomic E-state index is -0.105. The summed E-state index contributed by atoms with van der Waals surface area (Å²) in [5.74, 6) is 0.793.